The Labute approximate surface area is 145 Å². The van der Waals surface area contributed by atoms with Gasteiger partial charge in [-0.1, -0.05) is 18.9 Å². The monoisotopic (exact) mass is 343 g/mol. The molecule has 2 heterocycles. The molecular weight excluding hydrogens is 322 g/mol. The van der Waals surface area contributed by atoms with E-state index in [1.54, 1.807) is 34.4 Å². The number of rotatable bonds is 6. The Morgan fingerprint density at radius 3 is 2.96 bits per heavy atom. The first-order chi connectivity index (χ1) is 11.7. The molecular formula is C18H21N3O2S. The zero-order valence-corrected chi connectivity index (χ0v) is 14.3. The summed E-state index contributed by atoms with van der Waals surface area (Å²) in [4.78, 5) is 29.4. The van der Waals surface area contributed by atoms with E-state index in [1.807, 2.05) is 17.5 Å². The van der Waals surface area contributed by atoms with Crippen molar-refractivity contribution in [2.75, 3.05) is 6.54 Å². The minimum Gasteiger partial charge on any atom is -0.351 e. The van der Waals surface area contributed by atoms with Crippen LogP contribution in [0, 0.1) is 0 Å². The molecule has 2 aromatic heterocycles. The van der Waals surface area contributed by atoms with E-state index in [4.69, 9.17) is 0 Å². The van der Waals surface area contributed by atoms with E-state index < -0.39 is 0 Å². The van der Waals surface area contributed by atoms with Gasteiger partial charge in [-0.2, -0.15) is 0 Å². The van der Waals surface area contributed by atoms with E-state index in [0.29, 0.717) is 19.0 Å². The van der Waals surface area contributed by atoms with Crippen LogP contribution in [0.1, 0.15) is 42.2 Å². The number of thiophene rings is 1. The van der Waals surface area contributed by atoms with Gasteiger partial charge in [0, 0.05) is 36.0 Å². The summed E-state index contributed by atoms with van der Waals surface area (Å²) < 4.78 is 1.54. The highest BCUT2D eigenvalue weighted by Crippen LogP contribution is 2.32. The topological polar surface area (TPSA) is 64.0 Å². The fourth-order valence-electron chi connectivity index (χ4n) is 2.96. The first kappa shape index (κ1) is 16.6. The van der Waals surface area contributed by atoms with E-state index in [9.17, 15) is 9.59 Å². The van der Waals surface area contributed by atoms with Crippen molar-refractivity contribution >= 4 is 23.3 Å². The summed E-state index contributed by atoms with van der Waals surface area (Å²) in [6.45, 7) is 0.827. The fourth-order valence-corrected chi connectivity index (χ4v) is 3.57. The van der Waals surface area contributed by atoms with Crippen LogP contribution in [0.3, 0.4) is 0 Å². The van der Waals surface area contributed by atoms with Crippen LogP contribution < -0.4 is 10.9 Å². The van der Waals surface area contributed by atoms with Crippen LogP contribution in [0.4, 0.5) is 0 Å². The normalized spacial score (nSPS) is 15.2. The molecule has 0 spiro atoms. The van der Waals surface area contributed by atoms with Crippen LogP contribution >= 0.6 is 11.3 Å². The molecule has 0 radical (unpaired) electrons. The molecule has 1 fully saturated rings. The van der Waals surface area contributed by atoms with Crippen molar-refractivity contribution in [2.45, 2.75) is 38.1 Å². The largest absolute Gasteiger partial charge is 0.351 e. The van der Waals surface area contributed by atoms with Crippen LogP contribution in [-0.2, 0) is 11.3 Å². The third-order valence-corrected chi connectivity index (χ3v) is 5.11. The molecule has 1 saturated carbocycles. The number of amides is 1. The van der Waals surface area contributed by atoms with Crippen molar-refractivity contribution in [1.82, 2.24) is 14.9 Å². The van der Waals surface area contributed by atoms with Crippen molar-refractivity contribution in [2.24, 2.45) is 0 Å². The summed E-state index contributed by atoms with van der Waals surface area (Å²) in [6.07, 6.45) is 9.59. The Hall–Kier alpha value is -2.21. The lowest BCUT2D eigenvalue weighted by Gasteiger charge is -2.10. The molecule has 0 aromatic carbocycles. The first-order valence-corrected chi connectivity index (χ1v) is 9.16. The Kier molecular flexibility index (Phi) is 5.59. The summed E-state index contributed by atoms with van der Waals surface area (Å²) >= 11 is 1.58. The minimum atomic E-state index is -0.160. The molecule has 126 valence electrons. The van der Waals surface area contributed by atoms with Crippen molar-refractivity contribution in [3.63, 3.8) is 0 Å². The van der Waals surface area contributed by atoms with Crippen LogP contribution in [-0.4, -0.2) is 22.0 Å². The predicted molar refractivity (Wildman–Crippen MR) is 96.1 cm³/mol. The zero-order chi connectivity index (χ0) is 16.8. The van der Waals surface area contributed by atoms with Crippen LogP contribution in [0.15, 0.2) is 40.8 Å². The second-order valence-corrected chi connectivity index (χ2v) is 6.95. The molecule has 0 bridgehead atoms. The highest BCUT2D eigenvalue weighted by atomic mass is 32.1. The van der Waals surface area contributed by atoms with Gasteiger partial charge < -0.3 is 5.32 Å². The van der Waals surface area contributed by atoms with Gasteiger partial charge in [0.25, 0.3) is 5.56 Å². The highest BCUT2D eigenvalue weighted by molar-refractivity contribution is 7.10. The molecule has 1 aliphatic carbocycles. The molecule has 1 aliphatic rings. The molecule has 0 aliphatic heterocycles. The number of nitrogens with zero attached hydrogens (tertiary/aromatic N) is 2. The van der Waals surface area contributed by atoms with Gasteiger partial charge in [0.05, 0.1) is 12.0 Å². The maximum atomic E-state index is 12.2. The SMILES string of the molecule is O=C(/C=C/c1cccs1)NCCn1cnc(C2CCCC2)cc1=O. The molecule has 24 heavy (non-hydrogen) atoms. The molecule has 0 saturated heterocycles. The standard InChI is InChI=1S/C18H21N3O2S/c22-17(8-7-15-6-3-11-24-15)19-9-10-21-13-20-16(12-18(21)23)14-4-1-2-5-14/h3,6-8,11-14H,1-2,4-5,9-10H2,(H,19,22)/b8-7+. The summed E-state index contributed by atoms with van der Waals surface area (Å²) in [5.41, 5.74) is 0.868. The lowest BCUT2D eigenvalue weighted by molar-refractivity contribution is -0.116. The second-order valence-electron chi connectivity index (χ2n) is 5.97. The smallest absolute Gasteiger partial charge is 0.253 e. The molecule has 1 amide bonds. The summed E-state index contributed by atoms with van der Waals surface area (Å²) in [7, 11) is 0. The summed E-state index contributed by atoms with van der Waals surface area (Å²) in [6, 6.07) is 5.54. The average molecular weight is 343 g/mol. The average Bonchev–Trinajstić information content (AvgIpc) is 3.28. The van der Waals surface area contributed by atoms with E-state index in [2.05, 4.69) is 10.3 Å². The van der Waals surface area contributed by atoms with Crippen LogP contribution in [0.5, 0.6) is 0 Å². The molecule has 6 heteroatoms. The Bertz CT molecular complexity index is 759. The van der Waals surface area contributed by atoms with Crippen molar-refractivity contribution in [3.05, 3.63) is 56.9 Å². The summed E-state index contributed by atoms with van der Waals surface area (Å²) in [5, 5.41) is 4.75. The van der Waals surface area contributed by atoms with Gasteiger partial charge in [-0.15, -0.1) is 11.3 Å². The van der Waals surface area contributed by atoms with Gasteiger partial charge in [-0.3, -0.25) is 14.2 Å². The van der Waals surface area contributed by atoms with Gasteiger partial charge in [0.15, 0.2) is 0 Å². The zero-order valence-electron chi connectivity index (χ0n) is 13.5. The van der Waals surface area contributed by atoms with Gasteiger partial charge >= 0.3 is 0 Å². The molecule has 2 aromatic rings. The molecule has 3 rings (SSSR count). The maximum absolute atomic E-state index is 12.2. The van der Waals surface area contributed by atoms with Crippen LogP contribution in [0.2, 0.25) is 0 Å². The predicted octanol–water partition coefficient (Wildman–Crippen LogP) is 2.79. The Morgan fingerprint density at radius 1 is 1.42 bits per heavy atom. The van der Waals surface area contributed by atoms with E-state index >= 15 is 0 Å². The van der Waals surface area contributed by atoms with Gasteiger partial charge in [0.1, 0.15) is 0 Å². The maximum Gasteiger partial charge on any atom is 0.253 e. The van der Waals surface area contributed by atoms with E-state index in [0.717, 1.165) is 23.4 Å². The highest BCUT2D eigenvalue weighted by Gasteiger charge is 2.18. The van der Waals surface area contributed by atoms with Crippen molar-refractivity contribution in [1.29, 1.82) is 0 Å². The second kappa shape index (κ2) is 8.06. The van der Waals surface area contributed by atoms with Gasteiger partial charge in [-0.25, -0.2) is 4.98 Å². The number of aromatic nitrogens is 2. The van der Waals surface area contributed by atoms with E-state index in [-0.39, 0.29) is 11.5 Å². The van der Waals surface area contributed by atoms with Crippen molar-refractivity contribution < 1.29 is 4.79 Å². The number of hydrogen-bond acceptors (Lipinski definition) is 4. The first-order valence-electron chi connectivity index (χ1n) is 8.28. The lowest BCUT2D eigenvalue weighted by atomic mass is 10.0. The number of carbonyl (C=O) groups is 1. The number of nitrogens with one attached hydrogen (secondary N) is 1. The fraction of sp³-hybridized carbons (Fsp3) is 0.389. The molecule has 1 N–H and O–H groups in total. The number of hydrogen-bond donors (Lipinski definition) is 1. The van der Waals surface area contributed by atoms with Gasteiger partial charge in [-0.05, 0) is 30.4 Å². The minimum absolute atomic E-state index is 0.0460. The van der Waals surface area contributed by atoms with Crippen molar-refractivity contribution in [3.8, 4) is 0 Å². The van der Waals surface area contributed by atoms with Gasteiger partial charge in [0.2, 0.25) is 5.91 Å². The number of carbonyl (C=O) groups excluding carboxylic acids is 1. The Balaban J connectivity index is 1.49. The third kappa shape index (κ3) is 4.41. The molecule has 5 nitrogen and oxygen atoms in total. The molecule has 0 unspecified atom stereocenters. The Morgan fingerprint density at radius 2 is 2.25 bits per heavy atom. The molecule has 0 atom stereocenters. The summed E-state index contributed by atoms with van der Waals surface area (Å²) in [5.74, 6) is 0.279. The quantitative estimate of drug-likeness (QED) is 0.820. The van der Waals surface area contributed by atoms with E-state index in [1.165, 1.54) is 18.9 Å². The lowest BCUT2D eigenvalue weighted by Crippen LogP contribution is -2.30. The third-order valence-electron chi connectivity index (χ3n) is 4.27. The van der Waals surface area contributed by atoms with Crippen LogP contribution in [0.25, 0.3) is 6.08 Å².